The Bertz CT molecular complexity index is 780. The molecule has 2 aromatic rings. The van der Waals surface area contributed by atoms with Crippen LogP contribution in [-0.2, 0) is 0 Å². The first-order chi connectivity index (χ1) is 16.2. The molecule has 0 atom stereocenters. The van der Waals surface area contributed by atoms with E-state index in [0.29, 0.717) is 24.5 Å². The van der Waals surface area contributed by atoms with Crippen molar-refractivity contribution in [3.8, 4) is 17.2 Å². The molecule has 33 heavy (non-hydrogen) atoms. The molecule has 0 amide bonds. The molecule has 0 aliphatic carbocycles. The molecule has 0 aliphatic rings. The smallest absolute Gasteiger partial charge is 0.343 e. The van der Waals surface area contributed by atoms with Crippen LogP contribution in [-0.4, -0.2) is 19.2 Å². The van der Waals surface area contributed by atoms with Crippen molar-refractivity contribution in [1.82, 2.24) is 0 Å². The maximum atomic E-state index is 12.4. The SMILES string of the molecule is C=CCCCCCCCOc1ccc(OC(=O)c2ccc(OCCCCCCC)cc2)cc1. The fraction of sp³-hybridized carbons (Fsp3) is 0.483. The molecule has 0 saturated heterocycles. The van der Waals surface area contributed by atoms with Crippen LogP contribution < -0.4 is 14.2 Å². The molecule has 0 unspecified atom stereocenters. The predicted octanol–water partition coefficient (Wildman–Crippen LogP) is 8.16. The summed E-state index contributed by atoms with van der Waals surface area (Å²) in [6, 6.07) is 14.3. The first-order valence-electron chi connectivity index (χ1n) is 12.5. The zero-order chi connectivity index (χ0) is 23.6. The Hall–Kier alpha value is -2.75. The monoisotopic (exact) mass is 452 g/mol. The van der Waals surface area contributed by atoms with E-state index >= 15 is 0 Å². The zero-order valence-electron chi connectivity index (χ0n) is 20.2. The van der Waals surface area contributed by atoms with E-state index in [0.717, 1.165) is 30.8 Å². The Kier molecular flexibility index (Phi) is 13.5. The van der Waals surface area contributed by atoms with Crippen LogP contribution in [0.3, 0.4) is 0 Å². The molecular weight excluding hydrogens is 412 g/mol. The Labute approximate surface area is 200 Å². The van der Waals surface area contributed by atoms with Crippen molar-refractivity contribution in [2.24, 2.45) is 0 Å². The molecule has 2 rings (SSSR count). The summed E-state index contributed by atoms with van der Waals surface area (Å²) >= 11 is 0. The van der Waals surface area contributed by atoms with Gasteiger partial charge in [0.25, 0.3) is 0 Å². The predicted molar refractivity (Wildman–Crippen MR) is 135 cm³/mol. The number of allylic oxidation sites excluding steroid dienone is 1. The molecule has 0 radical (unpaired) electrons. The second kappa shape index (κ2) is 16.8. The summed E-state index contributed by atoms with van der Waals surface area (Å²) in [6.07, 6.45) is 15.0. The van der Waals surface area contributed by atoms with Gasteiger partial charge in [-0.3, -0.25) is 0 Å². The summed E-state index contributed by atoms with van der Waals surface area (Å²) in [6.45, 7) is 7.37. The Balaban J connectivity index is 1.65. The van der Waals surface area contributed by atoms with Gasteiger partial charge < -0.3 is 14.2 Å². The van der Waals surface area contributed by atoms with E-state index in [1.807, 2.05) is 30.3 Å². The largest absolute Gasteiger partial charge is 0.494 e. The third kappa shape index (κ3) is 11.6. The highest BCUT2D eigenvalue weighted by Gasteiger charge is 2.09. The summed E-state index contributed by atoms with van der Waals surface area (Å²) in [5, 5.41) is 0. The average molecular weight is 453 g/mol. The van der Waals surface area contributed by atoms with Gasteiger partial charge in [0.15, 0.2) is 0 Å². The first-order valence-corrected chi connectivity index (χ1v) is 12.5. The zero-order valence-corrected chi connectivity index (χ0v) is 20.2. The number of hydrogen-bond donors (Lipinski definition) is 0. The van der Waals surface area contributed by atoms with Crippen molar-refractivity contribution in [2.75, 3.05) is 13.2 Å². The molecule has 0 heterocycles. The van der Waals surface area contributed by atoms with E-state index < -0.39 is 0 Å². The summed E-state index contributed by atoms with van der Waals surface area (Å²) in [7, 11) is 0. The van der Waals surface area contributed by atoms with Gasteiger partial charge in [-0.15, -0.1) is 6.58 Å². The van der Waals surface area contributed by atoms with Gasteiger partial charge in [0.05, 0.1) is 18.8 Å². The minimum Gasteiger partial charge on any atom is -0.494 e. The normalized spacial score (nSPS) is 10.6. The Morgan fingerprint density at radius 1 is 0.697 bits per heavy atom. The molecule has 0 aromatic heterocycles. The quantitative estimate of drug-likeness (QED) is 0.0990. The number of carbonyl (C=O) groups is 1. The highest BCUT2D eigenvalue weighted by molar-refractivity contribution is 5.91. The number of rotatable bonds is 18. The van der Waals surface area contributed by atoms with E-state index in [1.54, 1.807) is 24.3 Å². The summed E-state index contributed by atoms with van der Waals surface area (Å²) in [5.41, 5.74) is 0.499. The van der Waals surface area contributed by atoms with Crippen molar-refractivity contribution < 1.29 is 19.0 Å². The number of hydrogen-bond acceptors (Lipinski definition) is 4. The van der Waals surface area contributed by atoms with Crippen molar-refractivity contribution in [2.45, 2.75) is 77.6 Å². The molecule has 0 aliphatic heterocycles. The lowest BCUT2D eigenvalue weighted by Gasteiger charge is -2.09. The van der Waals surface area contributed by atoms with Gasteiger partial charge in [0.2, 0.25) is 0 Å². The standard InChI is InChI=1S/C29H40O4/c1-3-5-7-9-10-12-14-24-32-27-19-21-28(22-20-27)33-29(30)25-15-17-26(18-16-25)31-23-13-11-8-6-4-2/h3,15-22H,1,4-14,23-24H2,2H3. The van der Waals surface area contributed by atoms with E-state index in [9.17, 15) is 4.79 Å². The minimum atomic E-state index is -0.383. The van der Waals surface area contributed by atoms with E-state index in [4.69, 9.17) is 14.2 Å². The molecule has 180 valence electrons. The third-order valence-corrected chi connectivity index (χ3v) is 5.46. The second-order valence-corrected chi connectivity index (χ2v) is 8.34. The van der Waals surface area contributed by atoms with Crippen molar-refractivity contribution in [3.05, 3.63) is 66.7 Å². The van der Waals surface area contributed by atoms with Crippen LogP contribution in [0, 0.1) is 0 Å². The van der Waals surface area contributed by atoms with Crippen LogP contribution in [0.4, 0.5) is 0 Å². The minimum absolute atomic E-state index is 0.383. The molecule has 0 saturated carbocycles. The number of unbranched alkanes of at least 4 members (excludes halogenated alkanes) is 9. The summed E-state index contributed by atoms with van der Waals surface area (Å²) < 4.78 is 17.0. The average Bonchev–Trinajstić information content (AvgIpc) is 2.84. The molecule has 4 heteroatoms. The van der Waals surface area contributed by atoms with Crippen LogP contribution in [0.5, 0.6) is 17.2 Å². The molecule has 4 nitrogen and oxygen atoms in total. The lowest BCUT2D eigenvalue weighted by Crippen LogP contribution is -2.08. The topological polar surface area (TPSA) is 44.8 Å². The Morgan fingerprint density at radius 2 is 1.18 bits per heavy atom. The van der Waals surface area contributed by atoms with E-state index in [1.165, 1.54) is 51.4 Å². The van der Waals surface area contributed by atoms with Gasteiger partial charge >= 0.3 is 5.97 Å². The number of ether oxygens (including phenoxy) is 3. The summed E-state index contributed by atoms with van der Waals surface area (Å²) in [5.74, 6) is 1.69. The number of esters is 1. The maximum absolute atomic E-state index is 12.4. The second-order valence-electron chi connectivity index (χ2n) is 8.34. The van der Waals surface area contributed by atoms with Crippen LogP contribution in [0.2, 0.25) is 0 Å². The van der Waals surface area contributed by atoms with Gasteiger partial charge in [-0.2, -0.15) is 0 Å². The van der Waals surface area contributed by atoms with Crippen LogP contribution in [0.1, 0.15) is 87.9 Å². The van der Waals surface area contributed by atoms with Gasteiger partial charge in [0.1, 0.15) is 17.2 Å². The third-order valence-electron chi connectivity index (χ3n) is 5.46. The van der Waals surface area contributed by atoms with E-state index in [-0.39, 0.29) is 5.97 Å². The lowest BCUT2D eigenvalue weighted by atomic mass is 10.1. The van der Waals surface area contributed by atoms with Crippen molar-refractivity contribution >= 4 is 5.97 Å². The molecule has 0 bridgehead atoms. The first kappa shape index (κ1) is 26.5. The molecule has 0 fully saturated rings. The molecule has 0 spiro atoms. The Morgan fingerprint density at radius 3 is 1.76 bits per heavy atom. The highest BCUT2D eigenvalue weighted by atomic mass is 16.5. The summed E-state index contributed by atoms with van der Waals surface area (Å²) in [4.78, 5) is 12.4. The van der Waals surface area contributed by atoms with Gasteiger partial charge in [-0.05, 0) is 74.2 Å². The van der Waals surface area contributed by atoms with Crippen LogP contribution >= 0.6 is 0 Å². The number of benzene rings is 2. The van der Waals surface area contributed by atoms with Crippen molar-refractivity contribution in [3.63, 3.8) is 0 Å². The highest BCUT2D eigenvalue weighted by Crippen LogP contribution is 2.20. The molecular formula is C29H40O4. The maximum Gasteiger partial charge on any atom is 0.343 e. The van der Waals surface area contributed by atoms with Crippen LogP contribution in [0.25, 0.3) is 0 Å². The number of carbonyl (C=O) groups excluding carboxylic acids is 1. The van der Waals surface area contributed by atoms with Gasteiger partial charge in [0, 0.05) is 0 Å². The molecule has 2 aromatic carbocycles. The van der Waals surface area contributed by atoms with Gasteiger partial charge in [-0.25, -0.2) is 4.79 Å². The van der Waals surface area contributed by atoms with Gasteiger partial charge in [-0.1, -0.05) is 57.9 Å². The lowest BCUT2D eigenvalue weighted by molar-refractivity contribution is 0.0734. The fourth-order valence-electron chi connectivity index (χ4n) is 3.46. The fourth-order valence-corrected chi connectivity index (χ4v) is 3.46. The van der Waals surface area contributed by atoms with E-state index in [2.05, 4.69) is 13.5 Å². The van der Waals surface area contributed by atoms with Crippen LogP contribution in [0.15, 0.2) is 61.2 Å². The molecule has 0 N–H and O–H groups in total. The van der Waals surface area contributed by atoms with Crippen molar-refractivity contribution in [1.29, 1.82) is 0 Å².